The number of fused-ring (bicyclic) bond motifs is 1. The average molecular weight is 289 g/mol. The van der Waals surface area contributed by atoms with Gasteiger partial charge in [-0.15, -0.1) is 0 Å². The van der Waals surface area contributed by atoms with E-state index >= 15 is 0 Å². The van der Waals surface area contributed by atoms with Crippen molar-refractivity contribution < 1.29 is 4.74 Å². The number of aromatic nitrogens is 2. The minimum Gasteiger partial charge on any atom is -0.381 e. The molecular formula is C17H27N3O. The van der Waals surface area contributed by atoms with Crippen LogP contribution in [0.5, 0.6) is 0 Å². The molecule has 1 aromatic carbocycles. The summed E-state index contributed by atoms with van der Waals surface area (Å²) in [5.74, 6) is 0. The second-order valence-electron chi connectivity index (χ2n) is 5.49. The van der Waals surface area contributed by atoms with Gasteiger partial charge in [-0.1, -0.05) is 25.0 Å². The molecule has 2 aromatic rings. The number of rotatable bonds is 11. The van der Waals surface area contributed by atoms with Crippen molar-refractivity contribution in [2.75, 3.05) is 19.8 Å². The molecular weight excluding hydrogens is 262 g/mol. The first-order valence-corrected chi connectivity index (χ1v) is 8.10. The standard InChI is InChI=1S/C17H27N3O/c18-11-4-1-2-5-12-21-13-6-3-8-15-9-7-10-16-17(15)20-14-19-16/h7,9-10,14H,1-6,8,11-13,18H2,(H,19,20). The molecule has 116 valence electrons. The van der Waals surface area contributed by atoms with Crippen molar-refractivity contribution in [1.82, 2.24) is 9.97 Å². The van der Waals surface area contributed by atoms with Gasteiger partial charge in [0.1, 0.15) is 0 Å². The SMILES string of the molecule is NCCCCCCOCCCCc1cccc2[nH]cnc12. The van der Waals surface area contributed by atoms with Crippen LogP contribution in [0.25, 0.3) is 11.0 Å². The van der Waals surface area contributed by atoms with Crippen molar-refractivity contribution in [3.05, 3.63) is 30.1 Å². The molecule has 0 bridgehead atoms. The summed E-state index contributed by atoms with van der Waals surface area (Å²) in [7, 11) is 0. The van der Waals surface area contributed by atoms with Crippen molar-refractivity contribution in [3.63, 3.8) is 0 Å². The lowest BCUT2D eigenvalue weighted by Crippen LogP contribution is -2.00. The molecule has 21 heavy (non-hydrogen) atoms. The summed E-state index contributed by atoms with van der Waals surface area (Å²) in [4.78, 5) is 7.54. The second-order valence-corrected chi connectivity index (χ2v) is 5.49. The van der Waals surface area contributed by atoms with Gasteiger partial charge in [-0.25, -0.2) is 4.98 Å². The predicted octanol–water partition coefficient (Wildman–Crippen LogP) is 3.42. The summed E-state index contributed by atoms with van der Waals surface area (Å²) in [6.07, 6.45) is 9.87. The molecule has 0 fully saturated rings. The van der Waals surface area contributed by atoms with Crippen LogP contribution in [0.2, 0.25) is 0 Å². The molecule has 0 atom stereocenters. The van der Waals surface area contributed by atoms with Gasteiger partial charge in [0, 0.05) is 13.2 Å². The van der Waals surface area contributed by atoms with E-state index in [9.17, 15) is 0 Å². The molecule has 0 radical (unpaired) electrons. The molecule has 0 aliphatic heterocycles. The Labute approximate surface area is 127 Å². The predicted molar refractivity (Wildman–Crippen MR) is 87.4 cm³/mol. The maximum atomic E-state index is 5.67. The Morgan fingerprint density at radius 3 is 2.67 bits per heavy atom. The van der Waals surface area contributed by atoms with Crippen LogP contribution in [0.15, 0.2) is 24.5 Å². The monoisotopic (exact) mass is 289 g/mol. The fourth-order valence-corrected chi connectivity index (χ4v) is 2.55. The number of benzene rings is 1. The van der Waals surface area contributed by atoms with Gasteiger partial charge in [0.05, 0.1) is 17.4 Å². The largest absolute Gasteiger partial charge is 0.381 e. The zero-order valence-electron chi connectivity index (χ0n) is 12.8. The van der Waals surface area contributed by atoms with Gasteiger partial charge in [-0.2, -0.15) is 0 Å². The smallest absolute Gasteiger partial charge is 0.0931 e. The number of hydrogen-bond acceptors (Lipinski definition) is 3. The molecule has 0 unspecified atom stereocenters. The normalized spacial score (nSPS) is 11.3. The van der Waals surface area contributed by atoms with E-state index in [1.807, 2.05) is 0 Å². The van der Waals surface area contributed by atoms with E-state index in [0.29, 0.717) is 0 Å². The summed E-state index contributed by atoms with van der Waals surface area (Å²) in [6.45, 7) is 2.57. The zero-order valence-corrected chi connectivity index (χ0v) is 12.8. The molecule has 1 aromatic heterocycles. The summed E-state index contributed by atoms with van der Waals surface area (Å²) in [5, 5.41) is 0. The van der Waals surface area contributed by atoms with Gasteiger partial charge < -0.3 is 15.5 Å². The summed E-state index contributed by atoms with van der Waals surface area (Å²) in [5.41, 5.74) is 9.03. The van der Waals surface area contributed by atoms with Crippen LogP contribution in [0.1, 0.15) is 44.1 Å². The van der Waals surface area contributed by atoms with Gasteiger partial charge in [-0.3, -0.25) is 0 Å². The van der Waals surface area contributed by atoms with Crippen LogP contribution >= 0.6 is 0 Å². The molecule has 4 nitrogen and oxygen atoms in total. The van der Waals surface area contributed by atoms with E-state index in [0.717, 1.165) is 62.9 Å². The van der Waals surface area contributed by atoms with Gasteiger partial charge >= 0.3 is 0 Å². The third-order valence-corrected chi connectivity index (χ3v) is 3.76. The lowest BCUT2D eigenvalue weighted by Gasteiger charge is -2.05. The Kier molecular flexibility index (Phi) is 7.25. The van der Waals surface area contributed by atoms with E-state index in [-0.39, 0.29) is 0 Å². The Morgan fingerprint density at radius 1 is 1.00 bits per heavy atom. The highest BCUT2D eigenvalue weighted by Gasteiger charge is 2.02. The Hall–Kier alpha value is -1.39. The maximum absolute atomic E-state index is 5.67. The first-order chi connectivity index (χ1) is 10.4. The van der Waals surface area contributed by atoms with Crippen molar-refractivity contribution in [1.29, 1.82) is 0 Å². The number of hydrogen-bond donors (Lipinski definition) is 2. The number of ether oxygens (including phenoxy) is 1. The molecule has 4 heteroatoms. The molecule has 3 N–H and O–H groups in total. The number of unbranched alkanes of at least 4 members (excludes halogenated alkanes) is 4. The third kappa shape index (κ3) is 5.48. The highest BCUT2D eigenvalue weighted by atomic mass is 16.5. The fraction of sp³-hybridized carbons (Fsp3) is 0.588. The van der Waals surface area contributed by atoms with Crippen molar-refractivity contribution >= 4 is 11.0 Å². The average Bonchev–Trinajstić information content (AvgIpc) is 2.98. The molecule has 0 aliphatic carbocycles. The lowest BCUT2D eigenvalue weighted by molar-refractivity contribution is 0.126. The molecule has 2 rings (SSSR count). The van der Waals surface area contributed by atoms with Crippen LogP contribution < -0.4 is 5.73 Å². The molecule has 0 saturated carbocycles. The first kappa shape index (κ1) is 16.0. The number of imidazole rings is 1. The second kappa shape index (κ2) is 9.53. The number of para-hydroxylation sites is 1. The molecule has 0 saturated heterocycles. The number of H-pyrrole nitrogens is 1. The van der Waals surface area contributed by atoms with E-state index < -0.39 is 0 Å². The zero-order chi connectivity index (χ0) is 14.8. The van der Waals surface area contributed by atoms with E-state index in [2.05, 4.69) is 28.2 Å². The van der Waals surface area contributed by atoms with Gasteiger partial charge in [0.15, 0.2) is 0 Å². The van der Waals surface area contributed by atoms with E-state index in [4.69, 9.17) is 10.5 Å². The number of aromatic amines is 1. The Balaban J connectivity index is 1.53. The van der Waals surface area contributed by atoms with Crippen LogP contribution in [0.3, 0.4) is 0 Å². The van der Waals surface area contributed by atoms with Crippen LogP contribution in [-0.2, 0) is 11.2 Å². The van der Waals surface area contributed by atoms with Crippen LogP contribution in [0, 0.1) is 0 Å². The molecule has 0 aliphatic rings. The molecule has 1 heterocycles. The van der Waals surface area contributed by atoms with E-state index in [1.54, 1.807) is 6.33 Å². The summed E-state index contributed by atoms with van der Waals surface area (Å²) >= 11 is 0. The number of nitrogens with zero attached hydrogens (tertiary/aromatic N) is 1. The maximum Gasteiger partial charge on any atom is 0.0931 e. The van der Waals surface area contributed by atoms with Crippen molar-refractivity contribution in [2.45, 2.75) is 44.9 Å². The summed E-state index contributed by atoms with van der Waals surface area (Å²) < 4.78 is 5.67. The Bertz CT molecular complexity index is 509. The van der Waals surface area contributed by atoms with E-state index in [1.165, 1.54) is 18.4 Å². The number of nitrogens with one attached hydrogen (secondary N) is 1. The quantitative estimate of drug-likeness (QED) is 0.623. The first-order valence-electron chi connectivity index (χ1n) is 8.10. The number of nitrogens with two attached hydrogens (primary N) is 1. The third-order valence-electron chi connectivity index (χ3n) is 3.76. The minimum atomic E-state index is 0.809. The summed E-state index contributed by atoms with van der Waals surface area (Å²) in [6, 6.07) is 6.33. The highest BCUT2D eigenvalue weighted by Crippen LogP contribution is 2.16. The Morgan fingerprint density at radius 2 is 1.81 bits per heavy atom. The van der Waals surface area contributed by atoms with Gasteiger partial charge in [0.2, 0.25) is 0 Å². The van der Waals surface area contributed by atoms with Crippen LogP contribution in [-0.4, -0.2) is 29.7 Å². The molecule has 0 amide bonds. The van der Waals surface area contributed by atoms with Gasteiger partial charge in [0.25, 0.3) is 0 Å². The lowest BCUT2D eigenvalue weighted by atomic mass is 10.1. The van der Waals surface area contributed by atoms with Crippen molar-refractivity contribution in [2.24, 2.45) is 5.73 Å². The van der Waals surface area contributed by atoms with Crippen LogP contribution in [0.4, 0.5) is 0 Å². The fourth-order valence-electron chi connectivity index (χ4n) is 2.55. The minimum absolute atomic E-state index is 0.809. The van der Waals surface area contributed by atoms with Crippen molar-refractivity contribution in [3.8, 4) is 0 Å². The number of aryl methyl sites for hydroxylation is 1. The topological polar surface area (TPSA) is 63.9 Å². The highest BCUT2D eigenvalue weighted by molar-refractivity contribution is 5.78. The van der Waals surface area contributed by atoms with Gasteiger partial charge in [-0.05, 0) is 50.3 Å². The molecule has 0 spiro atoms.